The summed E-state index contributed by atoms with van der Waals surface area (Å²) in [5.74, 6) is 2.70. The SMILES string of the molecule is C#CCCCCCCCCCCCCO[C](=[Cr])C(=C)C. The van der Waals surface area contributed by atoms with E-state index in [9.17, 15) is 0 Å². The van der Waals surface area contributed by atoms with E-state index >= 15 is 0 Å². The van der Waals surface area contributed by atoms with Gasteiger partial charge in [-0.3, -0.25) is 0 Å². The molecule has 0 aromatic rings. The summed E-state index contributed by atoms with van der Waals surface area (Å²) in [5.41, 5.74) is 0.979. The van der Waals surface area contributed by atoms with Gasteiger partial charge in [0, 0.05) is 6.42 Å². The van der Waals surface area contributed by atoms with Gasteiger partial charge in [0.1, 0.15) is 0 Å². The van der Waals surface area contributed by atoms with Crippen LogP contribution in [0, 0.1) is 12.3 Å². The molecule has 0 radical (unpaired) electrons. The number of rotatable bonds is 14. The molecule has 0 aromatic carbocycles. The molecule has 0 aliphatic rings. The summed E-state index contributed by atoms with van der Waals surface area (Å²) in [6.45, 7) is 6.60. The van der Waals surface area contributed by atoms with Crippen molar-refractivity contribution in [2.24, 2.45) is 0 Å². The second-order valence-electron chi connectivity index (χ2n) is 5.41. The third-order valence-electron chi connectivity index (χ3n) is 3.30. The third-order valence-corrected chi connectivity index (χ3v) is 4.03. The molecule has 0 heterocycles. The van der Waals surface area contributed by atoms with Gasteiger partial charge in [0.05, 0.1) is 0 Å². The van der Waals surface area contributed by atoms with Gasteiger partial charge in [-0.1, -0.05) is 0 Å². The molecule has 0 saturated heterocycles. The maximum absolute atomic E-state index is 5.54. The van der Waals surface area contributed by atoms with Crippen LogP contribution in [0.2, 0.25) is 0 Å². The molecule has 0 rings (SSSR count). The van der Waals surface area contributed by atoms with Crippen LogP contribution in [-0.4, -0.2) is 11.2 Å². The van der Waals surface area contributed by atoms with Gasteiger partial charge in [-0.25, -0.2) is 0 Å². The Hall–Kier alpha value is -0.338. The number of ether oxygens (including phenoxy) is 1. The fourth-order valence-corrected chi connectivity index (χ4v) is 2.16. The number of hydrogen-bond donors (Lipinski definition) is 0. The molecule has 2 heteroatoms. The van der Waals surface area contributed by atoms with Crippen LogP contribution in [0.5, 0.6) is 0 Å². The Bertz CT molecular complexity index is 301. The Balaban J connectivity index is 3.08. The molecule has 0 spiro atoms. The van der Waals surface area contributed by atoms with Crippen LogP contribution >= 0.6 is 0 Å². The molecule has 0 aliphatic carbocycles. The van der Waals surface area contributed by atoms with E-state index in [1.807, 2.05) is 6.92 Å². The number of terminal acetylenes is 1. The van der Waals surface area contributed by atoms with Crippen LogP contribution in [-0.2, 0) is 20.6 Å². The zero-order valence-electron chi connectivity index (χ0n) is 13.1. The van der Waals surface area contributed by atoms with Crippen LogP contribution < -0.4 is 0 Å². The zero-order chi connectivity index (χ0) is 15.1. The first-order chi connectivity index (χ1) is 9.68. The predicted molar refractivity (Wildman–Crippen MR) is 85.4 cm³/mol. The molecular weight excluding hydrogens is 284 g/mol. The minimum absolute atomic E-state index is 0.810. The van der Waals surface area contributed by atoms with Crippen molar-refractivity contribution in [2.45, 2.75) is 77.6 Å². The summed E-state index contributed by atoms with van der Waals surface area (Å²) in [7, 11) is 0. The second kappa shape index (κ2) is 15.1. The van der Waals surface area contributed by atoms with Crippen molar-refractivity contribution in [2.75, 3.05) is 6.61 Å². The van der Waals surface area contributed by atoms with E-state index in [-0.39, 0.29) is 0 Å². The zero-order valence-corrected chi connectivity index (χ0v) is 14.4. The topological polar surface area (TPSA) is 9.23 Å². The Morgan fingerprint density at radius 2 is 1.40 bits per heavy atom. The minimum atomic E-state index is 0.810. The van der Waals surface area contributed by atoms with Crippen molar-refractivity contribution in [1.82, 2.24) is 0 Å². The molecule has 1 nitrogen and oxygen atoms in total. The van der Waals surface area contributed by atoms with Gasteiger partial charge in [-0.05, 0) is 6.42 Å². The van der Waals surface area contributed by atoms with Crippen LogP contribution in [0.1, 0.15) is 77.6 Å². The normalized spacial score (nSPS) is 10.2. The predicted octanol–water partition coefficient (Wildman–Crippen LogP) is 5.18. The fraction of sp³-hybridized carbons (Fsp3) is 0.722. The van der Waals surface area contributed by atoms with Crippen molar-refractivity contribution >= 4 is 4.57 Å². The van der Waals surface area contributed by atoms with Gasteiger partial charge >= 0.3 is 109 Å². The van der Waals surface area contributed by atoms with Crippen LogP contribution in [0.3, 0.4) is 0 Å². The van der Waals surface area contributed by atoms with Crippen molar-refractivity contribution in [3.8, 4) is 12.3 Å². The molecule has 0 N–H and O–H groups in total. The van der Waals surface area contributed by atoms with E-state index in [1.165, 1.54) is 57.8 Å². The van der Waals surface area contributed by atoms with Gasteiger partial charge in [-0.2, -0.15) is 0 Å². The van der Waals surface area contributed by atoms with Gasteiger partial charge < -0.3 is 0 Å². The molecular formula is C18H30CrO. The molecule has 0 aliphatic heterocycles. The summed E-state index contributed by atoms with van der Waals surface area (Å²) < 4.78 is 6.40. The van der Waals surface area contributed by atoms with Crippen molar-refractivity contribution in [1.29, 1.82) is 0 Å². The summed E-state index contributed by atoms with van der Waals surface area (Å²) in [4.78, 5) is 0. The summed E-state index contributed by atoms with van der Waals surface area (Å²) in [6, 6.07) is 0. The van der Waals surface area contributed by atoms with Gasteiger partial charge in [-0.15, -0.1) is 12.3 Å². The number of hydrogen-bond acceptors (Lipinski definition) is 1. The van der Waals surface area contributed by atoms with E-state index in [1.54, 1.807) is 0 Å². The molecule has 0 bridgehead atoms. The molecule has 114 valence electrons. The molecule has 0 atom stereocenters. The monoisotopic (exact) mass is 314 g/mol. The average molecular weight is 314 g/mol. The standard InChI is InChI=1S/C18H30O.Cr/c1-4-5-6-7-8-9-10-11-12-13-14-15-16-19-17-18(2)3;/h1H,2,5-16H2,3H3;. The first-order valence-electron chi connectivity index (χ1n) is 7.94. The Labute approximate surface area is 134 Å². The molecule has 0 amide bonds. The maximum atomic E-state index is 5.54. The van der Waals surface area contributed by atoms with Crippen molar-refractivity contribution in [3.05, 3.63) is 12.2 Å². The summed E-state index contributed by atoms with van der Waals surface area (Å²) >= 11 is 2.90. The van der Waals surface area contributed by atoms with E-state index < -0.39 is 0 Å². The molecule has 0 saturated carbocycles. The molecule has 20 heavy (non-hydrogen) atoms. The van der Waals surface area contributed by atoms with Gasteiger partial charge in [0.2, 0.25) is 0 Å². The summed E-state index contributed by atoms with van der Waals surface area (Å²) in [6.07, 6.45) is 19.3. The van der Waals surface area contributed by atoms with Gasteiger partial charge in [0.15, 0.2) is 0 Å². The average Bonchev–Trinajstić information content (AvgIpc) is 2.43. The molecule has 0 unspecified atom stereocenters. The fourth-order valence-electron chi connectivity index (χ4n) is 2.03. The van der Waals surface area contributed by atoms with E-state index in [2.05, 4.69) is 28.4 Å². The van der Waals surface area contributed by atoms with Crippen LogP contribution in [0.15, 0.2) is 12.2 Å². The Morgan fingerprint density at radius 1 is 0.950 bits per heavy atom. The van der Waals surface area contributed by atoms with E-state index in [0.717, 1.165) is 29.6 Å². The Morgan fingerprint density at radius 3 is 1.85 bits per heavy atom. The van der Waals surface area contributed by atoms with Crippen molar-refractivity contribution < 1.29 is 20.6 Å². The quantitative estimate of drug-likeness (QED) is 0.317. The summed E-state index contributed by atoms with van der Waals surface area (Å²) in [5, 5.41) is 0. The first kappa shape index (κ1) is 19.7. The van der Waals surface area contributed by atoms with Crippen LogP contribution in [0.4, 0.5) is 0 Å². The molecule has 0 aromatic heterocycles. The van der Waals surface area contributed by atoms with E-state index in [4.69, 9.17) is 11.2 Å². The van der Waals surface area contributed by atoms with E-state index in [0.29, 0.717) is 0 Å². The second-order valence-corrected chi connectivity index (χ2v) is 5.98. The Kier molecular flexibility index (Phi) is 14.8. The van der Waals surface area contributed by atoms with Crippen molar-refractivity contribution in [3.63, 3.8) is 0 Å². The van der Waals surface area contributed by atoms with Crippen LogP contribution in [0.25, 0.3) is 0 Å². The first-order valence-corrected chi connectivity index (χ1v) is 8.58. The molecule has 0 fully saturated rings. The third kappa shape index (κ3) is 14.1. The van der Waals surface area contributed by atoms with Gasteiger partial charge in [0.25, 0.3) is 0 Å². The number of unbranched alkanes of at least 4 members (excludes halogenated alkanes) is 10.